The van der Waals surface area contributed by atoms with Gasteiger partial charge in [0.1, 0.15) is 0 Å². The molecule has 0 bridgehead atoms. The molecule has 0 amide bonds. The van der Waals surface area contributed by atoms with Gasteiger partial charge in [-0.3, -0.25) is 4.99 Å². The molecule has 0 saturated heterocycles. The molecule has 1 aliphatic rings. The summed E-state index contributed by atoms with van der Waals surface area (Å²) in [5.74, 6) is 0.850. The summed E-state index contributed by atoms with van der Waals surface area (Å²) in [5, 5.41) is 7.64. The third kappa shape index (κ3) is 7.29. The van der Waals surface area contributed by atoms with Crippen molar-refractivity contribution in [3.05, 3.63) is 34.9 Å². The van der Waals surface area contributed by atoms with E-state index in [1.165, 1.54) is 18.4 Å². The average Bonchev–Trinajstić information content (AvgIpc) is 3.37. The predicted molar refractivity (Wildman–Crippen MR) is 117 cm³/mol. The topological polar surface area (TPSA) is 48.9 Å². The van der Waals surface area contributed by atoms with E-state index in [4.69, 9.17) is 16.3 Å². The number of nitrogens with one attached hydrogen (secondary N) is 2. The Morgan fingerprint density at radius 3 is 2.68 bits per heavy atom. The standard InChI is InChI=1S/C18H29ClN4O.HI/c1-20-17(21-9-10-23(2)11-12-24-3)22-14-18(7-8-18)15-5-4-6-16(19)13-15;/h4-6,13H,7-12,14H2,1-3H3,(H2,20,21,22);1H. The van der Waals surface area contributed by atoms with Gasteiger partial charge >= 0.3 is 0 Å². The van der Waals surface area contributed by atoms with Crippen molar-refractivity contribution in [1.82, 2.24) is 15.5 Å². The second-order valence-corrected chi connectivity index (χ2v) is 6.88. The number of aliphatic imine (C=N–C) groups is 1. The lowest BCUT2D eigenvalue weighted by atomic mass is 9.96. The van der Waals surface area contributed by atoms with Gasteiger partial charge in [-0.15, -0.1) is 24.0 Å². The van der Waals surface area contributed by atoms with E-state index in [1.54, 1.807) is 7.11 Å². The van der Waals surface area contributed by atoms with Crippen LogP contribution in [0.15, 0.2) is 29.3 Å². The molecule has 0 radical (unpaired) electrons. The van der Waals surface area contributed by atoms with Crippen LogP contribution in [-0.2, 0) is 10.2 Å². The lowest BCUT2D eigenvalue weighted by molar-refractivity contribution is 0.162. The van der Waals surface area contributed by atoms with E-state index in [-0.39, 0.29) is 29.4 Å². The summed E-state index contributed by atoms with van der Waals surface area (Å²) in [4.78, 5) is 6.55. The van der Waals surface area contributed by atoms with Crippen LogP contribution in [0.25, 0.3) is 0 Å². The van der Waals surface area contributed by atoms with Crippen molar-refractivity contribution in [1.29, 1.82) is 0 Å². The molecule has 142 valence electrons. The van der Waals surface area contributed by atoms with Gasteiger partial charge in [0, 0.05) is 50.8 Å². The first kappa shape index (κ1) is 22.5. The summed E-state index contributed by atoms with van der Waals surface area (Å²) < 4.78 is 5.09. The van der Waals surface area contributed by atoms with Crippen LogP contribution in [0.5, 0.6) is 0 Å². The molecule has 0 aliphatic heterocycles. The van der Waals surface area contributed by atoms with Crippen LogP contribution in [0.2, 0.25) is 5.02 Å². The largest absolute Gasteiger partial charge is 0.383 e. The minimum Gasteiger partial charge on any atom is -0.383 e. The van der Waals surface area contributed by atoms with Crippen LogP contribution in [-0.4, -0.2) is 64.9 Å². The second kappa shape index (κ2) is 11.2. The first-order valence-electron chi connectivity index (χ1n) is 8.48. The van der Waals surface area contributed by atoms with E-state index in [2.05, 4.69) is 39.7 Å². The van der Waals surface area contributed by atoms with Gasteiger partial charge in [0.15, 0.2) is 5.96 Å². The molecule has 0 spiro atoms. The maximum absolute atomic E-state index is 6.13. The molecule has 2 N–H and O–H groups in total. The molecule has 1 aromatic rings. The monoisotopic (exact) mass is 480 g/mol. The third-order valence-electron chi connectivity index (χ3n) is 4.57. The van der Waals surface area contributed by atoms with E-state index in [0.717, 1.165) is 43.8 Å². The molecule has 0 heterocycles. The van der Waals surface area contributed by atoms with E-state index in [1.807, 2.05) is 19.2 Å². The van der Waals surface area contributed by atoms with Gasteiger partial charge in [0.25, 0.3) is 0 Å². The summed E-state index contributed by atoms with van der Waals surface area (Å²) in [6.45, 7) is 4.37. The number of hydrogen-bond donors (Lipinski definition) is 2. The Balaban J connectivity index is 0.00000312. The van der Waals surface area contributed by atoms with Crippen LogP contribution in [0.3, 0.4) is 0 Å². The number of halogens is 2. The minimum atomic E-state index is 0. The Hall–Kier alpha value is -0.570. The smallest absolute Gasteiger partial charge is 0.191 e. The zero-order valence-electron chi connectivity index (χ0n) is 15.3. The highest BCUT2D eigenvalue weighted by Crippen LogP contribution is 2.48. The van der Waals surface area contributed by atoms with Crippen molar-refractivity contribution in [3.8, 4) is 0 Å². The number of rotatable bonds is 9. The summed E-state index contributed by atoms with van der Waals surface area (Å²) in [6.07, 6.45) is 2.38. The molecular weight excluding hydrogens is 451 g/mol. The maximum atomic E-state index is 6.13. The molecule has 7 heteroatoms. The molecule has 5 nitrogen and oxygen atoms in total. The molecule has 1 saturated carbocycles. The molecule has 1 aromatic carbocycles. The van der Waals surface area contributed by atoms with Crippen molar-refractivity contribution in [2.24, 2.45) is 4.99 Å². The van der Waals surface area contributed by atoms with Crippen molar-refractivity contribution in [2.45, 2.75) is 18.3 Å². The molecule has 0 aromatic heterocycles. The van der Waals surface area contributed by atoms with Crippen LogP contribution in [0, 0.1) is 0 Å². The molecule has 0 atom stereocenters. The summed E-state index contributed by atoms with van der Waals surface area (Å²) in [6, 6.07) is 8.20. The highest BCUT2D eigenvalue weighted by molar-refractivity contribution is 14.0. The Kier molecular flexibility index (Phi) is 10.1. The van der Waals surface area contributed by atoms with Crippen LogP contribution < -0.4 is 10.6 Å². The fourth-order valence-corrected chi connectivity index (χ4v) is 2.92. The first-order valence-corrected chi connectivity index (χ1v) is 8.85. The first-order chi connectivity index (χ1) is 11.6. The molecule has 2 rings (SSSR count). The molecule has 1 fully saturated rings. The quantitative estimate of drug-likeness (QED) is 0.324. The number of guanidine groups is 1. The van der Waals surface area contributed by atoms with E-state index in [0.29, 0.717) is 0 Å². The fourth-order valence-electron chi connectivity index (χ4n) is 2.73. The van der Waals surface area contributed by atoms with Gasteiger partial charge in [-0.1, -0.05) is 23.7 Å². The number of ether oxygens (including phenoxy) is 1. The predicted octanol–water partition coefficient (Wildman–Crippen LogP) is 2.73. The summed E-state index contributed by atoms with van der Waals surface area (Å²) >= 11 is 6.13. The minimum absolute atomic E-state index is 0. The number of benzene rings is 1. The Morgan fingerprint density at radius 2 is 2.08 bits per heavy atom. The Morgan fingerprint density at radius 1 is 1.32 bits per heavy atom. The third-order valence-corrected chi connectivity index (χ3v) is 4.81. The van der Waals surface area contributed by atoms with Crippen molar-refractivity contribution in [2.75, 3.05) is 54.0 Å². The molecule has 1 aliphatic carbocycles. The number of nitrogens with zero attached hydrogens (tertiary/aromatic N) is 2. The lowest BCUT2D eigenvalue weighted by Gasteiger charge is -2.21. The summed E-state index contributed by atoms with van der Waals surface area (Å²) in [7, 11) is 5.63. The van der Waals surface area contributed by atoms with Crippen LogP contribution in [0.1, 0.15) is 18.4 Å². The van der Waals surface area contributed by atoms with E-state index < -0.39 is 0 Å². The highest BCUT2D eigenvalue weighted by Gasteiger charge is 2.44. The van der Waals surface area contributed by atoms with Crippen LogP contribution in [0.4, 0.5) is 0 Å². The number of likely N-dealkylation sites (N-methyl/N-ethyl adjacent to an activating group) is 1. The van der Waals surface area contributed by atoms with Crippen molar-refractivity contribution >= 4 is 41.5 Å². The maximum Gasteiger partial charge on any atom is 0.191 e. The zero-order chi connectivity index (χ0) is 17.4. The van der Waals surface area contributed by atoms with E-state index >= 15 is 0 Å². The molecule has 0 unspecified atom stereocenters. The Labute approximate surface area is 173 Å². The van der Waals surface area contributed by atoms with Gasteiger partial charge in [-0.25, -0.2) is 0 Å². The Bertz CT molecular complexity index is 552. The van der Waals surface area contributed by atoms with Gasteiger partial charge in [0.2, 0.25) is 0 Å². The lowest BCUT2D eigenvalue weighted by Crippen LogP contribution is -2.43. The van der Waals surface area contributed by atoms with Crippen LogP contribution >= 0.6 is 35.6 Å². The van der Waals surface area contributed by atoms with Gasteiger partial charge in [-0.2, -0.15) is 0 Å². The van der Waals surface area contributed by atoms with E-state index in [9.17, 15) is 0 Å². The fraction of sp³-hybridized carbons (Fsp3) is 0.611. The SMILES string of the molecule is CN=C(NCCN(C)CCOC)NCC1(c2cccc(Cl)c2)CC1.I. The normalized spacial score (nSPS) is 15.6. The highest BCUT2D eigenvalue weighted by atomic mass is 127. The van der Waals surface area contributed by atoms with Gasteiger partial charge in [0.05, 0.1) is 6.61 Å². The average molecular weight is 481 g/mol. The van der Waals surface area contributed by atoms with Gasteiger partial charge in [-0.05, 0) is 37.6 Å². The van der Waals surface area contributed by atoms with Crippen molar-refractivity contribution < 1.29 is 4.74 Å². The van der Waals surface area contributed by atoms with Gasteiger partial charge < -0.3 is 20.3 Å². The number of hydrogen-bond acceptors (Lipinski definition) is 3. The second-order valence-electron chi connectivity index (χ2n) is 6.44. The van der Waals surface area contributed by atoms with Crippen molar-refractivity contribution in [3.63, 3.8) is 0 Å². The number of methoxy groups -OCH3 is 1. The zero-order valence-corrected chi connectivity index (χ0v) is 18.4. The molecular formula is C18H30ClIN4O. The molecule has 25 heavy (non-hydrogen) atoms. The summed E-state index contributed by atoms with van der Waals surface area (Å²) in [5.41, 5.74) is 1.52.